The number of benzene rings is 1. The summed E-state index contributed by atoms with van der Waals surface area (Å²) in [5.74, 6) is 0.855. The fourth-order valence-corrected chi connectivity index (χ4v) is 1.65. The normalized spacial score (nSPS) is 13.4. The number of nitrogens with two attached hydrogens (primary N) is 1. The monoisotopic (exact) mass is 251 g/mol. The Morgan fingerprint density at radius 2 is 1.89 bits per heavy atom. The summed E-state index contributed by atoms with van der Waals surface area (Å²) in [5.41, 5.74) is 8.06. The number of rotatable bonds is 5. The van der Waals surface area contributed by atoms with Gasteiger partial charge in [-0.2, -0.15) is 0 Å². The molecule has 0 bridgehead atoms. The second-order valence-electron chi connectivity index (χ2n) is 5.64. The molecule has 0 aromatic heterocycles. The van der Waals surface area contributed by atoms with Crippen molar-refractivity contribution in [3.8, 4) is 5.75 Å². The van der Waals surface area contributed by atoms with Crippen molar-refractivity contribution in [3.05, 3.63) is 29.3 Å². The van der Waals surface area contributed by atoms with Crippen LogP contribution in [0.25, 0.3) is 0 Å². The van der Waals surface area contributed by atoms with E-state index in [0.717, 1.165) is 11.3 Å². The molecule has 18 heavy (non-hydrogen) atoms. The Morgan fingerprint density at radius 3 is 2.44 bits per heavy atom. The van der Waals surface area contributed by atoms with Gasteiger partial charge in [-0.25, -0.2) is 0 Å². The number of aryl methyl sites for hydroxylation is 1. The van der Waals surface area contributed by atoms with Crippen molar-refractivity contribution in [2.24, 2.45) is 5.73 Å². The lowest BCUT2D eigenvalue weighted by molar-refractivity contribution is -0.0164. The third-order valence-corrected chi connectivity index (χ3v) is 2.53. The van der Waals surface area contributed by atoms with E-state index in [1.54, 1.807) is 0 Å². The maximum Gasteiger partial charge on any atom is 0.124 e. The van der Waals surface area contributed by atoms with Crippen LogP contribution in [0.15, 0.2) is 18.2 Å². The van der Waals surface area contributed by atoms with Crippen molar-refractivity contribution in [1.82, 2.24) is 0 Å². The molecule has 0 heterocycles. The van der Waals surface area contributed by atoms with Crippen LogP contribution in [0.5, 0.6) is 5.75 Å². The van der Waals surface area contributed by atoms with Gasteiger partial charge in [0, 0.05) is 11.6 Å². The van der Waals surface area contributed by atoms with Crippen LogP contribution in [-0.2, 0) is 4.74 Å². The molecule has 0 aliphatic rings. The summed E-state index contributed by atoms with van der Waals surface area (Å²) >= 11 is 0. The van der Waals surface area contributed by atoms with Gasteiger partial charge in [-0.1, -0.05) is 17.7 Å². The standard InChI is InChI=1S/C15H25NO2/c1-11-6-7-14(13(10-11)12(2)16)17-8-9-18-15(3,4)5/h6-7,10,12H,8-9,16H2,1-5H3/t12-/m0/s1. The van der Waals surface area contributed by atoms with Gasteiger partial charge in [-0.15, -0.1) is 0 Å². The molecule has 102 valence electrons. The molecule has 3 heteroatoms. The Labute approximate surface area is 110 Å². The first-order valence-corrected chi connectivity index (χ1v) is 6.42. The van der Waals surface area contributed by atoms with Crippen LogP contribution in [-0.4, -0.2) is 18.8 Å². The highest BCUT2D eigenvalue weighted by Gasteiger charge is 2.11. The molecular weight excluding hydrogens is 226 g/mol. The second kappa shape index (κ2) is 6.21. The molecule has 1 rings (SSSR count). The molecule has 3 nitrogen and oxygen atoms in total. The summed E-state index contributed by atoms with van der Waals surface area (Å²) in [6, 6.07) is 6.06. The van der Waals surface area contributed by atoms with Gasteiger partial charge in [0.2, 0.25) is 0 Å². The molecule has 0 aliphatic carbocycles. The molecule has 2 N–H and O–H groups in total. The zero-order valence-corrected chi connectivity index (χ0v) is 12.1. The van der Waals surface area contributed by atoms with Gasteiger partial charge in [0.1, 0.15) is 12.4 Å². The first kappa shape index (κ1) is 15.0. The Kier molecular flexibility index (Phi) is 5.17. The van der Waals surface area contributed by atoms with Crippen LogP contribution in [0.4, 0.5) is 0 Å². The second-order valence-corrected chi connectivity index (χ2v) is 5.64. The maximum atomic E-state index is 5.95. The Balaban J connectivity index is 2.57. The molecule has 1 aromatic rings. The van der Waals surface area contributed by atoms with Gasteiger partial charge in [0.15, 0.2) is 0 Å². The topological polar surface area (TPSA) is 44.5 Å². The van der Waals surface area contributed by atoms with E-state index in [-0.39, 0.29) is 11.6 Å². The van der Waals surface area contributed by atoms with Gasteiger partial charge in [-0.3, -0.25) is 0 Å². The summed E-state index contributed by atoms with van der Waals surface area (Å²) in [7, 11) is 0. The summed E-state index contributed by atoms with van der Waals surface area (Å²) in [4.78, 5) is 0. The van der Waals surface area contributed by atoms with Crippen LogP contribution < -0.4 is 10.5 Å². The fraction of sp³-hybridized carbons (Fsp3) is 0.600. The lowest BCUT2D eigenvalue weighted by atomic mass is 10.1. The van der Waals surface area contributed by atoms with E-state index in [0.29, 0.717) is 13.2 Å². The fourth-order valence-electron chi connectivity index (χ4n) is 1.65. The summed E-state index contributed by atoms with van der Waals surface area (Å²) in [5, 5.41) is 0. The van der Waals surface area contributed by atoms with Gasteiger partial charge in [0.05, 0.1) is 12.2 Å². The van der Waals surface area contributed by atoms with E-state index in [1.807, 2.05) is 39.8 Å². The predicted molar refractivity (Wildman–Crippen MR) is 75.0 cm³/mol. The summed E-state index contributed by atoms with van der Waals surface area (Å²) < 4.78 is 11.4. The number of hydrogen-bond acceptors (Lipinski definition) is 3. The van der Waals surface area contributed by atoms with E-state index >= 15 is 0 Å². The van der Waals surface area contributed by atoms with Gasteiger partial charge >= 0.3 is 0 Å². The highest BCUT2D eigenvalue weighted by molar-refractivity contribution is 5.38. The lowest BCUT2D eigenvalue weighted by Crippen LogP contribution is -2.22. The molecule has 1 atom stereocenters. The molecule has 0 unspecified atom stereocenters. The molecule has 0 saturated carbocycles. The zero-order valence-electron chi connectivity index (χ0n) is 12.1. The minimum Gasteiger partial charge on any atom is -0.491 e. The average Bonchev–Trinajstić information content (AvgIpc) is 2.24. The Bertz CT molecular complexity index is 381. The van der Waals surface area contributed by atoms with E-state index in [1.165, 1.54) is 5.56 Å². The van der Waals surface area contributed by atoms with Crippen molar-refractivity contribution >= 4 is 0 Å². The minimum atomic E-state index is -0.124. The number of ether oxygens (including phenoxy) is 2. The Hall–Kier alpha value is -1.06. The third kappa shape index (κ3) is 5.07. The van der Waals surface area contributed by atoms with Crippen LogP contribution in [0.3, 0.4) is 0 Å². The van der Waals surface area contributed by atoms with Crippen LogP contribution in [0, 0.1) is 6.92 Å². The highest BCUT2D eigenvalue weighted by Crippen LogP contribution is 2.25. The van der Waals surface area contributed by atoms with E-state index < -0.39 is 0 Å². The zero-order chi connectivity index (χ0) is 13.8. The van der Waals surface area contributed by atoms with Crippen molar-refractivity contribution in [1.29, 1.82) is 0 Å². The largest absolute Gasteiger partial charge is 0.491 e. The molecule has 0 amide bonds. The molecule has 0 spiro atoms. The highest BCUT2D eigenvalue weighted by atomic mass is 16.5. The first-order chi connectivity index (χ1) is 8.29. The Morgan fingerprint density at radius 1 is 1.22 bits per heavy atom. The van der Waals surface area contributed by atoms with Crippen molar-refractivity contribution in [3.63, 3.8) is 0 Å². The molecule has 0 radical (unpaired) electrons. The van der Waals surface area contributed by atoms with Gasteiger partial charge in [-0.05, 0) is 40.7 Å². The smallest absolute Gasteiger partial charge is 0.124 e. The molecule has 0 saturated heterocycles. The van der Waals surface area contributed by atoms with Crippen molar-refractivity contribution in [2.45, 2.75) is 46.3 Å². The lowest BCUT2D eigenvalue weighted by Gasteiger charge is -2.20. The van der Waals surface area contributed by atoms with E-state index in [2.05, 4.69) is 13.0 Å². The van der Waals surface area contributed by atoms with Crippen LogP contribution in [0.1, 0.15) is 44.9 Å². The summed E-state index contributed by atoms with van der Waals surface area (Å²) in [6.45, 7) is 11.2. The van der Waals surface area contributed by atoms with Crippen LogP contribution >= 0.6 is 0 Å². The molecule has 0 aliphatic heterocycles. The van der Waals surface area contributed by atoms with Crippen molar-refractivity contribution in [2.75, 3.05) is 13.2 Å². The minimum absolute atomic E-state index is 0.0246. The molecular formula is C15H25NO2. The van der Waals surface area contributed by atoms with Gasteiger partial charge in [0.25, 0.3) is 0 Å². The van der Waals surface area contributed by atoms with E-state index in [4.69, 9.17) is 15.2 Å². The van der Waals surface area contributed by atoms with Crippen molar-refractivity contribution < 1.29 is 9.47 Å². The van der Waals surface area contributed by atoms with E-state index in [9.17, 15) is 0 Å². The predicted octanol–water partition coefficient (Wildman–Crippen LogP) is 3.21. The summed E-state index contributed by atoms with van der Waals surface area (Å²) in [6.07, 6.45) is 0. The maximum absolute atomic E-state index is 5.95. The first-order valence-electron chi connectivity index (χ1n) is 6.42. The SMILES string of the molecule is Cc1ccc(OCCOC(C)(C)C)c([C@H](C)N)c1. The molecule has 0 fully saturated rings. The van der Waals surface area contributed by atoms with Crippen LogP contribution in [0.2, 0.25) is 0 Å². The third-order valence-electron chi connectivity index (χ3n) is 2.53. The number of hydrogen-bond donors (Lipinski definition) is 1. The molecule has 1 aromatic carbocycles. The average molecular weight is 251 g/mol. The van der Waals surface area contributed by atoms with Gasteiger partial charge < -0.3 is 15.2 Å². The quantitative estimate of drug-likeness (QED) is 0.817.